The minimum absolute atomic E-state index is 0.648. The van der Waals surface area contributed by atoms with Gasteiger partial charge in [0.15, 0.2) is 0 Å². The lowest BCUT2D eigenvalue weighted by Gasteiger charge is -2.22. The van der Waals surface area contributed by atoms with Crippen molar-refractivity contribution in [1.29, 1.82) is 0 Å². The van der Waals surface area contributed by atoms with E-state index in [0.717, 1.165) is 12.3 Å². The van der Waals surface area contributed by atoms with Crippen LogP contribution in [0.3, 0.4) is 0 Å². The van der Waals surface area contributed by atoms with Crippen LogP contribution < -0.4 is 11.1 Å². The van der Waals surface area contributed by atoms with Crippen molar-refractivity contribution in [1.82, 2.24) is 5.32 Å². The van der Waals surface area contributed by atoms with Crippen molar-refractivity contribution in [3.05, 3.63) is 23.2 Å². The molecule has 1 fully saturated rings. The highest BCUT2D eigenvalue weighted by Gasteiger charge is 2.12. The molecule has 3 N–H and O–H groups in total. The van der Waals surface area contributed by atoms with Gasteiger partial charge in [0.05, 0.1) is 10.7 Å². The maximum Gasteiger partial charge on any atom is 0.0646 e. The highest BCUT2D eigenvalue weighted by molar-refractivity contribution is 7.99. The molecule has 1 aromatic rings. The quantitative estimate of drug-likeness (QED) is 0.645. The molecule has 1 aliphatic heterocycles. The van der Waals surface area contributed by atoms with E-state index in [1.807, 2.05) is 30.0 Å². The number of hydrogen-bond donors (Lipinski definition) is 2. The summed E-state index contributed by atoms with van der Waals surface area (Å²) in [5.74, 6) is 1.11. The summed E-state index contributed by atoms with van der Waals surface area (Å²) in [7, 11) is 0. The average Bonchev–Trinajstić information content (AvgIpc) is 2.32. The number of hydrogen-bond acceptors (Lipinski definition) is 3. The van der Waals surface area contributed by atoms with Gasteiger partial charge in [-0.3, -0.25) is 0 Å². The van der Waals surface area contributed by atoms with Crippen molar-refractivity contribution < 1.29 is 0 Å². The molecule has 0 aliphatic carbocycles. The number of benzene rings is 1. The van der Waals surface area contributed by atoms with Crippen molar-refractivity contribution in [3.63, 3.8) is 0 Å². The molecule has 0 radical (unpaired) electrons. The molecule has 1 unspecified atom stereocenters. The van der Waals surface area contributed by atoms with Crippen molar-refractivity contribution in [2.24, 2.45) is 0 Å². The first-order valence-corrected chi connectivity index (χ1v) is 7.03. The Labute approximate surface area is 106 Å². The number of nitrogens with two attached hydrogens (primary N) is 1. The smallest absolute Gasteiger partial charge is 0.0646 e. The van der Waals surface area contributed by atoms with E-state index in [-0.39, 0.29) is 0 Å². The normalized spacial score (nSPS) is 20.9. The van der Waals surface area contributed by atoms with Gasteiger partial charge in [-0.25, -0.2) is 0 Å². The highest BCUT2D eigenvalue weighted by atomic mass is 35.5. The molecule has 0 amide bonds. The predicted octanol–water partition coefficient (Wildman–Crippen LogP) is 3.16. The molecule has 1 aliphatic rings. The molecular weight excluding hydrogens is 240 g/mol. The van der Waals surface area contributed by atoms with Crippen LogP contribution in [0.2, 0.25) is 5.02 Å². The number of nitrogen functional groups attached to an aromatic ring is 1. The van der Waals surface area contributed by atoms with E-state index in [4.69, 9.17) is 17.3 Å². The van der Waals surface area contributed by atoms with E-state index in [1.54, 1.807) is 0 Å². The van der Waals surface area contributed by atoms with Gasteiger partial charge >= 0.3 is 0 Å². The van der Waals surface area contributed by atoms with E-state index in [0.29, 0.717) is 16.8 Å². The Morgan fingerprint density at radius 3 is 3.00 bits per heavy atom. The van der Waals surface area contributed by atoms with Crippen LogP contribution in [0.5, 0.6) is 0 Å². The Morgan fingerprint density at radius 1 is 1.44 bits per heavy atom. The second-order valence-electron chi connectivity index (χ2n) is 4.14. The minimum atomic E-state index is 0.648. The number of halogens is 1. The fraction of sp³-hybridized carbons (Fsp3) is 0.500. The summed E-state index contributed by atoms with van der Waals surface area (Å²) in [6, 6.07) is 6.51. The Balaban J connectivity index is 1.86. The Kier molecular flexibility index (Phi) is 4.38. The van der Waals surface area contributed by atoms with Crippen molar-refractivity contribution in [2.45, 2.75) is 30.2 Å². The van der Waals surface area contributed by atoms with Gasteiger partial charge in [0.1, 0.15) is 0 Å². The third kappa shape index (κ3) is 3.30. The van der Waals surface area contributed by atoms with Crippen LogP contribution in [0.1, 0.15) is 19.3 Å². The summed E-state index contributed by atoms with van der Waals surface area (Å²) >= 11 is 7.83. The summed E-state index contributed by atoms with van der Waals surface area (Å²) in [4.78, 5) is 1.20. The number of anilines is 1. The molecule has 0 bridgehead atoms. The molecule has 1 heterocycles. The number of thioether (sulfide) groups is 1. The molecular formula is C12H17ClN2S. The van der Waals surface area contributed by atoms with Crippen molar-refractivity contribution in [2.75, 3.05) is 18.0 Å². The zero-order valence-corrected chi connectivity index (χ0v) is 10.8. The van der Waals surface area contributed by atoms with E-state index in [9.17, 15) is 0 Å². The lowest BCUT2D eigenvalue weighted by molar-refractivity contribution is 0.430. The highest BCUT2D eigenvalue weighted by Crippen LogP contribution is 2.27. The summed E-state index contributed by atoms with van der Waals surface area (Å²) in [5, 5.41) is 4.19. The molecule has 2 nitrogen and oxygen atoms in total. The van der Waals surface area contributed by atoms with Crippen LogP contribution in [-0.2, 0) is 0 Å². The van der Waals surface area contributed by atoms with E-state index < -0.39 is 0 Å². The van der Waals surface area contributed by atoms with Gasteiger partial charge in [0, 0.05) is 16.7 Å². The Morgan fingerprint density at radius 2 is 2.31 bits per heavy atom. The maximum absolute atomic E-state index is 5.98. The Bertz CT molecular complexity index is 351. The largest absolute Gasteiger partial charge is 0.398 e. The van der Waals surface area contributed by atoms with Crippen LogP contribution in [0, 0.1) is 0 Å². The lowest BCUT2D eigenvalue weighted by atomic mass is 10.1. The molecule has 0 aromatic heterocycles. The summed E-state index contributed by atoms with van der Waals surface area (Å²) in [6.07, 6.45) is 3.95. The van der Waals surface area contributed by atoms with Gasteiger partial charge < -0.3 is 11.1 Å². The van der Waals surface area contributed by atoms with Crippen LogP contribution in [0.15, 0.2) is 23.1 Å². The summed E-state index contributed by atoms with van der Waals surface area (Å²) in [6.45, 7) is 1.16. The standard InChI is InChI=1S/C12H17ClN2S/c13-11-7-10(4-5-12(11)14)16-8-9-3-1-2-6-15-9/h4-5,7,9,15H,1-3,6,8,14H2. The first kappa shape index (κ1) is 12.1. The molecule has 0 saturated carbocycles. The number of piperidine rings is 1. The van der Waals surface area contributed by atoms with E-state index in [2.05, 4.69) is 5.32 Å². The topological polar surface area (TPSA) is 38.0 Å². The summed E-state index contributed by atoms with van der Waals surface area (Å²) in [5.41, 5.74) is 6.33. The molecule has 1 atom stereocenters. The van der Waals surface area contributed by atoms with Crippen LogP contribution in [-0.4, -0.2) is 18.3 Å². The lowest BCUT2D eigenvalue weighted by Crippen LogP contribution is -2.35. The molecule has 4 heteroatoms. The van der Waals surface area contributed by atoms with E-state index in [1.165, 1.54) is 24.2 Å². The second kappa shape index (κ2) is 5.80. The maximum atomic E-state index is 5.98. The van der Waals surface area contributed by atoms with Gasteiger partial charge in [-0.15, -0.1) is 11.8 Å². The SMILES string of the molecule is Nc1ccc(SCC2CCCCN2)cc1Cl. The van der Waals surface area contributed by atoms with Gasteiger partial charge in [-0.05, 0) is 37.6 Å². The monoisotopic (exact) mass is 256 g/mol. The molecule has 16 heavy (non-hydrogen) atoms. The number of rotatable bonds is 3. The summed E-state index contributed by atoms with van der Waals surface area (Å²) < 4.78 is 0. The van der Waals surface area contributed by atoms with Crippen molar-refractivity contribution in [3.8, 4) is 0 Å². The first-order valence-electron chi connectivity index (χ1n) is 5.67. The van der Waals surface area contributed by atoms with Crippen LogP contribution in [0.4, 0.5) is 5.69 Å². The average molecular weight is 257 g/mol. The minimum Gasteiger partial charge on any atom is -0.398 e. The van der Waals surface area contributed by atoms with E-state index >= 15 is 0 Å². The third-order valence-electron chi connectivity index (χ3n) is 2.84. The van der Waals surface area contributed by atoms with Gasteiger partial charge in [0.25, 0.3) is 0 Å². The van der Waals surface area contributed by atoms with Gasteiger partial charge in [-0.1, -0.05) is 18.0 Å². The van der Waals surface area contributed by atoms with Crippen molar-refractivity contribution >= 4 is 29.1 Å². The van der Waals surface area contributed by atoms with Gasteiger partial charge in [-0.2, -0.15) is 0 Å². The van der Waals surface area contributed by atoms with Crippen LogP contribution >= 0.6 is 23.4 Å². The number of nitrogens with one attached hydrogen (secondary N) is 1. The van der Waals surface area contributed by atoms with Crippen LogP contribution in [0.25, 0.3) is 0 Å². The second-order valence-corrected chi connectivity index (χ2v) is 5.64. The van der Waals surface area contributed by atoms with Gasteiger partial charge in [0.2, 0.25) is 0 Å². The zero-order chi connectivity index (χ0) is 11.4. The predicted molar refractivity (Wildman–Crippen MR) is 72.2 cm³/mol. The molecule has 0 spiro atoms. The first-order chi connectivity index (χ1) is 7.75. The fourth-order valence-electron chi connectivity index (χ4n) is 1.86. The fourth-order valence-corrected chi connectivity index (χ4v) is 3.15. The Hall–Kier alpha value is -0.380. The zero-order valence-electron chi connectivity index (χ0n) is 9.21. The molecule has 2 rings (SSSR count). The third-order valence-corrected chi connectivity index (χ3v) is 4.32. The molecule has 1 aromatic carbocycles. The molecule has 88 valence electrons. The molecule has 1 saturated heterocycles.